The van der Waals surface area contributed by atoms with Crippen LogP contribution in [0.15, 0.2) is 24.3 Å². The largest absolute Gasteiger partial charge is 0.433 e. The average Bonchev–Trinajstić information content (AvgIpc) is 2.98. The number of nitrogen functional groups attached to an aromatic ring is 1. The molecule has 3 rings (SSSR count). The van der Waals surface area contributed by atoms with Crippen molar-refractivity contribution < 1.29 is 13.2 Å². The maximum absolute atomic E-state index is 12.8. The van der Waals surface area contributed by atoms with Gasteiger partial charge in [-0.2, -0.15) is 13.2 Å². The van der Waals surface area contributed by atoms with E-state index < -0.39 is 11.9 Å². The average molecular weight is 296 g/mol. The van der Waals surface area contributed by atoms with Crippen molar-refractivity contribution in [2.75, 3.05) is 23.4 Å². The Labute approximate surface area is 119 Å². The number of nitrogens with two attached hydrogens (primary N) is 1. The van der Waals surface area contributed by atoms with Crippen LogP contribution in [0.25, 0.3) is 10.9 Å². The van der Waals surface area contributed by atoms with Gasteiger partial charge in [0, 0.05) is 24.2 Å². The molecule has 0 atom stereocenters. The summed E-state index contributed by atoms with van der Waals surface area (Å²) < 4.78 is 38.5. The standard InChI is InChI=1S/C14H15F3N4/c15-14(16,17)13-8-12(20-18)10-7-9(3-4-11(10)19-13)21-5-1-2-6-21/h3-4,7-8H,1-2,5-6,18H2,(H,19,20). The number of pyridine rings is 1. The van der Waals surface area contributed by atoms with E-state index in [4.69, 9.17) is 5.84 Å². The van der Waals surface area contributed by atoms with Crippen LogP contribution in [0, 0.1) is 0 Å². The Morgan fingerprint density at radius 2 is 1.86 bits per heavy atom. The third kappa shape index (κ3) is 2.61. The summed E-state index contributed by atoms with van der Waals surface area (Å²) in [4.78, 5) is 5.89. The van der Waals surface area contributed by atoms with E-state index in [9.17, 15) is 13.2 Å². The predicted octanol–water partition coefficient (Wildman–Crippen LogP) is 3.14. The van der Waals surface area contributed by atoms with Crippen LogP contribution in [0.3, 0.4) is 0 Å². The highest BCUT2D eigenvalue weighted by molar-refractivity contribution is 5.93. The summed E-state index contributed by atoms with van der Waals surface area (Å²) in [6.07, 6.45) is -2.23. The van der Waals surface area contributed by atoms with Gasteiger partial charge in [0.25, 0.3) is 0 Å². The topological polar surface area (TPSA) is 54.2 Å². The second kappa shape index (κ2) is 5.07. The highest BCUT2D eigenvalue weighted by Crippen LogP contribution is 2.34. The molecule has 0 amide bonds. The van der Waals surface area contributed by atoms with Crippen LogP contribution in [0.4, 0.5) is 24.5 Å². The van der Waals surface area contributed by atoms with Gasteiger partial charge in [0.1, 0.15) is 5.69 Å². The number of hydrogen-bond acceptors (Lipinski definition) is 4. The minimum Gasteiger partial charge on any atom is -0.372 e. The van der Waals surface area contributed by atoms with Gasteiger partial charge in [-0.15, -0.1) is 0 Å². The van der Waals surface area contributed by atoms with E-state index in [0.717, 1.165) is 37.7 Å². The van der Waals surface area contributed by atoms with Gasteiger partial charge in [0.15, 0.2) is 0 Å². The van der Waals surface area contributed by atoms with Crippen LogP contribution in [0.1, 0.15) is 18.5 Å². The first-order chi connectivity index (χ1) is 9.99. The van der Waals surface area contributed by atoms with Crippen molar-refractivity contribution in [2.45, 2.75) is 19.0 Å². The highest BCUT2D eigenvalue weighted by Gasteiger charge is 2.33. The molecule has 112 valence electrons. The normalized spacial score (nSPS) is 15.7. The van der Waals surface area contributed by atoms with E-state index >= 15 is 0 Å². The van der Waals surface area contributed by atoms with Crippen LogP contribution in [0.2, 0.25) is 0 Å². The lowest BCUT2D eigenvalue weighted by atomic mass is 10.1. The first-order valence-electron chi connectivity index (χ1n) is 6.72. The molecule has 1 aliphatic heterocycles. The van der Waals surface area contributed by atoms with Gasteiger partial charge in [-0.05, 0) is 37.1 Å². The number of anilines is 2. The fourth-order valence-corrected chi connectivity index (χ4v) is 2.65. The SMILES string of the molecule is NNc1cc(C(F)(F)F)nc2ccc(N3CCCC3)cc12. The lowest BCUT2D eigenvalue weighted by molar-refractivity contribution is -0.140. The van der Waals surface area contributed by atoms with Crippen LogP contribution in [-0.4, -0.2) is 18.1 Å². The van der Waals surface area contributed by atoms with Gasteiger partial charge in [0.2, 0.25) is 0 Å². The highest BCUT2D eigenvalue weighted by atomic mass is 19.4. The van der Waals surface area contributed by atoms with Crippen LogP contribution in [0.5, 0.6) is 0 Å². The third-order valence-electron chi connectivity index (χ3n) is 3.71. The molecular formula is C14H15F3N4. The van der Waals surface area contributed by atoms with Gasteiger partial charge in [-0.1, -0.05) is 0 Å². The number of halogens is 3. The second-order valence-corrected chi connectivity index (χ2v) is 5.09. The van der Waals surface area contributed by atoms with E-state index in [0.29, 0.717) is 5.39 Å². The molecule has 7 heteroatoms. The Morgan fingerprint density at radius 1 is 1.14 bits per heavy atom. The summed E-state index contributed by atoms with van der Waals surface area (Å²) in [6.45, 7) is 1.93. The monoisotopic (exact) mass is 296 g/mol. The van der Waals surface area contributed by atoms with Crippen molar-refractivity contribution in [1.29, 1.82) is 0 Å². The molecule has 0 bridgehead atoms. The molecule has 0 aliphatic carbocycles. The van der Waals surface area contributed by atoms with E-state index in [1.54, 1.807) is 12.1 Å². The predicted molar refractivity (Wildman–Crippen MR) is 76.0 cm³/mol. The quantitative estimate of drug-likeness (QED) is 0.660. The van der Waals surface area contributed by atoms with E-state index in [1.807, 2.05) is 6.07 Å². The lowest BCUT2D eigenvalue weighted by Gasteiger charge is -2.19. The molecule has 1 saturated heterocycles. The molecule has 4 nitrogen and oxygen atoms in total. The Morgan fingerprint density at radius 3 is 2.48 bits per heavy atom. The van der Waals surface area contributed by atoms with Crippen molar-refractivity contribution >= 4 is 22.3 Å². The van der Waals surface area contributed by atoms with Gasteiger partial charge < -0.3 is 10.3 Å². The minimum absolute atomic E-state index is 0.230. The number of nitrogens with zero attached hydrogens (tertiary/aromatic N) is 2. The molecule has 2 heterocycles. The maximum atomic E-state index is 12.8. The molecule has 2 aromatic rings. The van der Waals surface area contributed by atoms with E-state index in [1.165, 1.54) is 0 Å². The summed E-state index contributed by atoms with van der Waals surface area (Å²) >= 11 is 0. The first kappa shape index (κ1) is 13.9. The molecule has 1 aromatic heterocycles. The zero-order chi connectivity index (χ0) is 15.0. The van der Waals surface area contributed by atoms with E-state index in [-0.39, 0.29) is 11.2 Å². The number of aromatic nitrogens is 1. The molecular weight excluding hydrogens is 281 g/mol. The number of hydrogen-bond donors (Lipinski definition) is 2. The number of alkyl halides is 3. The lowest BCUT2D eigenvalue weighted by Crippen LogP contribution is -2.18. The fourth-order valence-electron chi connectivity index (χ4n) is 2.65. The minimum atomic E-state index is -4.49. The molecule has 1 aromatic carbocycles. The number of benzene rings is 1. The van der Waals surface area contributed by atoms with Crippen molar-refractivity contribution in [3.63, 3.8) is 0 Å². The first-order valence-corrected chi connectivity index (χ1v) is 6.72. The Bertz CT molecular complexity index is 663. The molecule has 0 radical (unpaired) electrons. The molecule has 0 saturated carbocycles. The Hall–Kier alpha value is -2.02. The van der Waals surface area contributed by atoms with Gasteiger partial charge >= 0.3 is 6.18 Å². The van der Waals surface area contributed by atoms with Crippen molar-refractivity contribution in [3.05, 3.63) is 30.0 Å². The summed E-state index contributed by atoms with van der Waals surface area (Å²) in [5, 5.41) is 0.593. The third-order valence-corrected chi connectivity index (χ3v) is 3.71. The van der Waals surface area contributed by atoms with Crippen LogP contribution < -0.4 is 16.2 Å². The zero-order valence-electron chi connectivity index (χ0n) is 11.2. The van der Waals surface area contributed by atoms with Gasteiger partial charge in [0.05, 0.1) is 11.2 Å². The smallest absolute Gasteiger partial charge is 0.372 e. The molecule has 1 fully saturated rings. The second-order valence-electron chi connectivity index (χ2n) is 5.09. The van der Waals surface area contributed by atoms with Gasteiger partial charge in [-0.3, -0.25) is 5.84 Å². The number of rotatable bonds is 2. The summed E-state index contributed by atoms with van der Waals surface area (Å²) in [5.41, 5.74) is 2.89. The van der Waals surface area contributed by atoms with Crippen LogP contribution in [-0.2, 0) is 6.18 Å². The number of fused-ring (bicyclic) bond motifs is 1. The van der Waals surface area contributed by atoms with E-state index in [2.05, 4.69) is 15.3 Å². The van der Waals surface area contributed by atoms with Crippen molar-refractivity contribution in [3.8, 4) is 0 Å². The molecule has 1 aliphatic rings. The van der Waals surface area contributed by atoms with Crippen molar-refractivity contribution in [2.24, 2.45) is 5.84 Å². The Kier molecular flexibility index (Phi) is 3.36. The fraction of sp³-hybridized carbons (Fsp3) is 0.357. The summed E-state index contributed by atoms with van der Waals surface area (Å²) in [5.74, 6) is 5.37. The Balaban J connectivity index is 2.12. The van der Waals surface area contributed by atoms with Crippen LogP contribution >= 0.6 is 0 Å². The molecule has 3 N–H and O–H groups in total. The summed E-state index contributed by atoms with van der Waals surface area (Å²) in [6, 6.07) is 6.19. The molecule has 21 heavy (non-hydrogen) atoms. The molecule has 0 spiro atoms. The number of hydrazine groups is 1. The van der Waals surface area contributed by atoms with Gasteiger partial charge in [-0.25, -0.2) is 4.98 Å². The summed E-state index contributed by atoms with van der Waals surface area (Å²) in [7, 11) is 0. The molecule has 0 unspecified atom stereocenters. The maximum Gasteiger partial charge on any atom is 0.433 e. The van der Waals surface area contributed by atoms with Crippen molar-refractivity contribution in [1.82, 2.24) is 4.98 Å². The zero-order valence-corrected chi connectivity index (χ0v) is 11.2. The number of nitrogens with one attached hydrogen (secondary N) is 1.